The largest absolute Gasteiger partial charge is 0.338 e. The molecule has 27 heavy (non-hydrogen) atoms. The number of carbonyl (C=O) groups excluding carboxylic acids is 1. The second-order valence-electron chi connectivity index (χ2n) is 7.11. The van der Waals surface area contributed by atoms with E-state index in [-0.39, 0.29) is 23.3 Å². The molecule has 1 aliphatic rings. The molecule has 0 radical (unpaired) electrons. The van der Waals surface area contributed by atoms with Gasteiger partial charge in [0.1, 0.15) is 0 Å². The molecule has 0 bridgehead atoms. The van der Waals surface area contributed by atoms with Gasteiger partial charge in [-0.2, -0.15) is 4.31 Å². The van der Waals surface area contributed by atoms with Crippen LogP contribution in [0.4, 0.5) is 0 Å². The van der Waals surface area contributed by atoms with Crippen LogP contribution in [0.3, 0.4) is 0 Å². The number of carbonyl (C=O) groups is 1. The maximum absolute atomic E-state index is 12.8. The van der Waals surface area contributed by atoms with Crippen molar-refractivity contribution in [1.82, 2.24) is 14.2 Å². The van der Waals surface area contributed by atoms with Gasteiger partial charge < -0.3 is 4.90 Å². The molecule has 0 atom stereocenters. The summed E-state index contributed by atoms with van der Waals surface area (Å²) < 4.78 is 26.9. The first-order chi connectivity index (χ1) is 12.8. The van der Waals surface area contributed by atoms with Crippen molar-refractivity contribution in [2.45, 2.75) is 44.2 Å². The van der Waals surface area contributed by atoms with Crippen LogP contribution < -0.4 is 0 Å². The van der Waals surface area contributed by atoms with Crippen molar-refractivity contribution in [3.8, 4) is 0 Å². The number of sulfonamides is 1. The number of rotatable bonds is 5. The Balaban J connectivity index is 1.80. The Labute approximate surface area is 160 Å². The number of nitrogens with zero attached hydrogens (tertiary/aromatic N) is 3. The van der Waals surface area contributed by atoms with Gasteiger partial charge in [-0.05, 0) is 55.7 Å². The summed E-state index contributed by atoms with van der Waals surface area (Å²) in [5, 5.41) is 0. The smallest absolute Gasteiger partial charge is 0.243 e. The highest BCUT2D eigenvalue weighted by Gasteiger charge is 2.26. The number of amides is 1. The van der Waals surface area contributed by atoms with Gasteiger partial charge in [0.15, 0.2) is 0 Å². The number of fused-ring (bicyclic) bond motifs is 1. The zero-order chi connectivity index (χ0) is 19.6. The van der Waals surface area contributed by atoms with Crippen molar-refractivity contribution in [2.24, 2.45) is 0 Å². The Kier molecular flexibility index (Phi) is 5.62. The third-order valence-electron chi connectivity index (χ3n) is 5.01. The lowest BCUT2D eigenvalue weighted by Crippen LogP contribution is -2.37. The highest BCUT2D eigenvalue weighted by atomic mass is 32.2. The maximum Gasteiger partial charge on any atom is 0.243 e. The predicted molar refractivity (Wildman–Crippen MR) is 104 cm³/mol. The highest BCUT2D eigenvalue weighted by molar-refractivity contribution is 7.89. The molecule has 0 saturated heterocycles. The normalized spacial score (nSPS) is 14.5. The topological polar surface area (TPSA) is 70.6 Å². The lowest BCUT2D eigenvalue weighted by molar-refractivity contribution is -0.131. The Morgan fingerprint density at radius 1 is 1.22 bits per heavy atom. The van der Waals surface area contributed by atoms with Gasteiger partial charge in [-0.15, -0.1) is 0 Å². The second-order valence-corrected chi connectivity index (χ2v) is 9.11. The van der Waals surface area contributed by atoms with Crippen LogP contribution >= 0.6 is 0 Å². The van der Waals surface area contributed by atoms with Gasteiger partial charge in [0.05, 0.1) is 11.3 Å². The minimum atomic E-state index is -3.54. The SMILES string of the molecule is CC(C)N(C)S(=O)(=O)c1ccc2c(c1)CN(C(=O)Cc1ccccn1)CC2. The molecule has 2 aromatic rings. The summed E-state index contributed by atoms with van der Waals surface area (Å²) in [5.41, 5.74) is 2.74. The molecule has 1 aliphatic heterocycles. The quantitative estimate of drug-likeness (QED) is 0.789. The second kappa shape index (κ2) is 7.78. The van der Waals surface area contributed by atoms with E-state index in [1.165, 1.54) is 4.31 Å². The molecule has 1 amide bonds. The van der Waals surface area contributed by atoms with Crippen molar-refractivity contribution in [3.05, 3.63) is 59.4 Å². The van der Waals surface area contributed by atoms with Gasteiger partial charge in [0.25, 0.3) is 0 Å². The van der Waals surface area contributed by atoms with E-state index in [2.05, 4.69) is 4.98 Å². The Hall–Kier alpha value is -2.25. The summed E-state index contributed by atoms with van der Waals surface area (Å²) in [5.74, 6) is 0.00640. The maximum atomic E-state index is 12.8. The van der Waals surface area contributed by atoms with E-state index >= 15 is 0 Å². The van der Waals surface area contributed by atoms with Crippen molar-refractivity contribution in [1.29, 1.82) is 0 Å². The molecule has 0 fully saturated rings. The van der Waals surface area contributed by atoms with Crippen molar-refractivity contribution in [2.75, 3.05) is 13.6 Å². The summed E-state index contributed by atoms with van der Waals surface area (Å²) in [7, 11) is -1.95. The van der Waals surface area contributed by atoms with E-state index in [9.17, 15) is 13.2 Å². The van der Waals surface area contributed by atoms with E-state index in [0.717, 1.165) is 23.2 Å². The van der Waals surface area contributed by atoms with E-state index in [1.807, 2.05) is 38.1 Å². The summed E-state index contributed by atoms with van der Waals surface area (Å²) >= 11 is 0. The number of hydrogen-bond acceptors (Lipinski definition) is 4. The van der Waals surface area contributed by atoms with Crippen molar-refractivity contribution < 1.29 is 13.2 Å². The molecular weight excluding hydrogens is 362 g/mol. The monoisotopic (exact) mass is 387 g/mol. The molecular formula is C20H25N3O3S. The van der Waals surface area contributed by atoms with Crippen LogP contribution in [-0.2, 0) is 34.2 Å². The van der Waals surface area contributed by atoms with Gasteiger partial charge in [0, 0.05) is 38.1 Å². The molecule has 0 saturated carbocycles. The summed E-state index contributed by atoms with van der Waals surface area (Å²) in [6, 6.07) is 10.6. The molecule has 0 N–H and O–H groups in total. The zero-order valence-corrected chi connectivity index (χ0v) is 16.7. The summed E-state index contributed by atoms with van der Waals surface area (Å²) in [6.45, 7) is 4.74. The third kappa shape index (κ3) is 4.20. The van der Waals surface area contributed by atoms with E-state index in [4.69, 9.17) is 0 Å². The van der Waals surface area contributed by atoms with Gasteiger partial charge in [0.2, 0.25) is 15.9 Å². The van der Waals surface area contributed by atoms with Crippen molar-refractivity contribution >= 4 is 15.9 Å². The summed E-state index contributed by atoms with van der Waals surface area (Å²) in [4.78, 5) is 18.9. The van der Waals surface area contributed by atoms with E-state index < -0.39 is 10.0 Å². The van der Waals surface area contributed by atoms with Gasteiger partial charge >= 0.3 is 0 Å². The van der Waals surface area contributed by atoms with Crippen LogP contribution in [0.5, 0.6) is 0 Å². The van der Waals surface area contributed by atoms with Crippen molar-refractivity contribution in [3.63, 3.8) is 0 Å². The predicted octanol–water partition coefficient (Wildman–Crippen LogP) is 2.24. The van der Waals surface area contributed by atoms with Gasteiger partial charge in [-0.3, -0.25) is 9.78 Å². The minimum Gasteiger partial charge on any atom is -0.338 e. The Morgan fingerprint density at radius 2 is 2.00 bits per heavy atom. The van der Waals surface area contributed by atoms with Gasteiger partial charge in [-0.1, -0.05) is 12.1 Å². The number of hydrogen-bond donors (Lipinski definition) is 0. The summed E-state index contributed by atoms with van der Waals surface area (Å²) in [6.07, 6.45) is 2.66. The van der Waals surface area contributed by atoms with Gasteiger partial charge in [-0.25, -0.2) is 8.42 Å². The Morgan fingerprint density at radius 3 is 2.67 bits per heavy atom. The van der Waals surface area contributed by atoms with Crippen LogP contribution in [-0.4, -0.2) is 48.1 Å². The fourth-order valence-corrected chi connectivity index (χ4v) is 4.54. The fraction of sp³-hybridized carbons (Fsp3) is 0.400. The number of pyridine rings is 1. The third-order valence-corrected chi connectivity index (χ3v) is 7.03. The first kappa shape index (κ1) is 19.5. The number of aromatic nitrogens is 1. The fourth-order valence-electron chi connectivity index (χ4n) is 3.12. The van der Waals surface area contributed by atoms with Crippen LogP contribution in [0.2, 0.25) is 0 Å². The van der Waals surface area contributed by atoms with Crippen LogP contribution in [0.15, 0.2) is 47.5 Å². The Bertz CT molecular complexity index is 927. The zero-order valence-electron chi connectivity index (χ0n) is 15.9. The standard InChI is InChI=1S/C20H25N3O3S/c1-15(2)22(3)27(25,26)19-8-7-16-9-11-23(14-17(16)12-19)20(24)13-18-6-4-5-10-21-18/h4-8,10,12,15H,9,11,13-14H2,1-3H3. The first-order valence-electron chi connectivity index (χ1n) is 9.06. The molecule has 1 aromatic carbocycles. The lowest BCUT2D eigenvalue weighted by Gasteiger charge is -2.30. The molecule has 0 aliphatic carbocycles. The number of benzene rings is 1. The molecule has 2 heterocycles. The molecule has 0 unspecified atom stereocenters. The lowest BCUT2D eigenvalue weighted by atomic mass is 9.99. The molecule has 144 valence electrons. The van der Waals surface area contributed by atoms with Crippen LogP contribution in [0.25, 0.3) is 0 Å². The first-order valence-corrected chi connectivity index (χ1v) is 10.5. The average molecular weight is 388 g/mol. The minimum absolute atomic E-state index is 0.00640. The average Bonchev–Trinajstić information content (AvgIpc) is 2.67. The highest BCUT2D eigenvalue weighted by Crippen LogP contribution is 2.25. The molecule has 0 spiro atoms. The molecule has 6 nitrogen and oxygen atoms in total. The van der Waals surface area contributed by atoms with E-state index in [1.54, 1.807) is 30.3 Å². The molecule has 1 aromatic heterocycles. The van der Waals surface area contributed by atoms with Crippen LogP contribution in [0.1, 0.15) is 30.7 Å². The molecule has 7 heteroatoms. The van der Waals surface area contributed by atoms with Crippen LogP contribution in [0, 0.1) is 0 Å². The van der Waals surface area contributed by atoms with E-state index in [0.29, 0.717) is 13.1 Å². The molecule has 3 rings (SSSR count).